The fourth-order valence-corrected chi connectivity index (χ4v) is 3.32. The number of nitrogens with zero attached hydrogens (tertiary/aromatic N) is 2. The Morgan fingerprint density at radius 2 is 1.76 bits per heavy atom. The van der Waals surface area contributed by atoms with Crippen LogP contribution in [0.2, 0.25) is 0 Å². The van der Waals surface area contributed by atoms with Crippen LogP contribution in [-0.2, 0) is 0 Å². The molecule has 17 heavy (non-hydrogen) atoms. The molecule has 5 heteroatoms. The van der Waals surface area contributed by atoms with Crippen LogP contribution < -0.4 is 0 Å². The fourth-order valence-electron chi connectivity index (χ4n) is 3.32. The molecular formula is C12H24N2O3. The molecular weight excluding hydrogens is 220 g/mol. The zero-order valence-electron chi connectivity index (χ0n) is 10.7. The quantitative estimate of drug-likeness (QED) is 0.586. The van der Waals surface area contributed by atoms with E-state index in [1.165, 1.54) is 0 Å². The van der Waals surface area contributed by atoms with Gasteiger partial charge in [-0.25, -0.2) is 0 Å². The van der Waals surface area contributed by atoms with Crippen molar-refractivity contribution in [1.82, 2.24) is 9.80 Å². The van der Waals surface area contributed by atoms with Crippen LogP contribution >= 0.6 is 0 Å². The van der Waals surface area contributed by atoms with Crippen molar-refractivity contribution in [1.29, 1.82) is 0 Å². The van der Waals surface area contributed by atoms with Gasteiger partial charge >= 0.3 is 0 Å². The first kappa shape index (κ1) is 13.2. The van der Waals surface area contributed by atoms with Gasteiger partial charge in [-0.05, 0) is 19.5 Å². The van der Waals surface area contributed by atoms with Gasteiger partial charge in [0.15, 0.2) is 0 Å². The van der Waals surface area contributed by atoms with E-state index in [9.17, 15) is 15.3 Å². The van der Waals surface area contributed by atoms with Crippen molar-refractivity contribution in [2.45, 2.75) is 50.7 Å². The van der Waals surface area contributed by atoms with Crippen molar-refractivity contribution in [3.8, 4) is 0 Å². The Hall–Kier alpha value is -0.200. The monoisotopic (exact) mass is 244 g/mol. The Morgan fingerprint density at radius 1 is 1.12 bits per heavy atom. The van der Waals surface area contributed by atoms with Gasteiger partial charge in [-0.15, -0.1) is 0 Å². The molecule has 3 N–H and O–H groups in total. The van der Waals surface area contributed by atoms with E-state index in [0.717, 1.165) is 26.2 Å². The Labute approximate surface area is 103 Å². The third-order valence-electron chi connectivity index (χ3n) is 4.32. The molecule has 0 bridgehead atoms. The SMILES string of the molecule is CCN(CC)[C@H]1CN2CC[C@H](O)C2[C@@H](O)[C@@H]1O. The van der Waals surface area contributed by atoms with E-state index in [0.29, 0.717) is 6.42 Å². The molecule has 5 nitrogen and oxygen atoms in total. The molecule has 0 aromatic carbocycles. The molecule has 5 atom stereocenters. The Bertz CT molecular complexity index is 260. The number of hydrogen-bond acceptors (Lipinski definition) is 5. The van der Waals surface area contributed by atoms with Crippen molar-refractivity contribution in [2.75, 3.05) is 26.2 Å². The maximum atomic E-state index is 10.2. The number of likely N-dealkylation sites (N-methyl/N-ethyl adjacent to an activating group) is 1. The second-order valence-corrected chi connectivity index (χ2v) is 5.11. The summed E-state index contributed by atoms with van der Waals surface area (Å²) in [5.74, 6) is 0. The molecule has 0 amide bonds. The van der Waals surface area contributed by atoms with Gasteiger partial charge in [0.1, 0.15) is 0 Å². The van der Waals surface area contributed by atoms with Crippen LogP contribution in [0.25, 0.3) is 0 Å². The molecule has 2 aliphatic heterocycles. The maximum absolute atomic E-state index is 10.2. The Balaban J connectivity index is 2.12. The molecule has 0 radical (unpaired) electrons. The van der Waals surface area contributed by atoms with E-state index in [2.05, 4.69) is 23.6 Å². The second kappa shape index (κ2) is 5.20. The highest BCUT2D eigenvalue weighted by Gasteiger charge is 2.48. The predicted molar refractivity (Wildman–Crippen MR) is 64.7 cm³/mol. The van der Waals surface area contributed by atoms with Crippen LogP contribution in [0.3, 0.4) is 0 Å². The normalized spacial score (nSPS) is 43.1. The van der Waals surface area contributed by atoms with Crippen LogP contribution in [0.5, 0.6) is 0 Å². The number of aliphatic hydroxyl groups excluding tert-OH is 3. The maximum Gasteiger partial charge on any atom is 0.0994 e. The zero-order chi connectivity index (χ0) is 12.6. The van der Waals surface area contributed by atoms with Gasteiger partial charge in [-0.3, -0.25) is 9.80 Å². The van der Waals surface area contributed by atoms with Crippen molar-refractivity contribution in [3.05, 3.63) is 0 Å². The standard InChI is InChI=1S/C12H24N2O3/c1-3-13(4-2)8-7-14-6-5-9(15)10(14)12(17)11(8)16/h8-12,15-17H,3-7H2,1-2H3/t8-,9-,10?,11+,12+/m0/s1. The molecule has 0 aromatic rings. The topological polar surface area (TPSA) is 67.2 Å². The minimum atomic E-state index is -0.841. The summed E-state index contributed by atoms with van der Waals surface area (Å²) in [7, 11) is 0. The van der Waals surface area contributed by atoms with E-state index in [-0.39, 0.29) is 12.1 Å². The van der Waals surface area contributed by atoms with Crippen LogP contribution in [0.4, 0.5) is 0 Å². The summed E-state index contributed by atoms with van der Waals surface area (Å²) in [4.78, 5) is 4.29. The highest BCUT2D eigenvalue weighted by molar-refractivity contribution is 5.04. The summed E-state index contributed by atoms with van der Waals surface area (Å²) in [5, 5.41) is 30.2. The largest absolute Gasteiger partial charge is 0.391 e. The van der Waals surface area contributed by atoms with Crippen LogP contribution in [0, 0.1) is 0 Å². The summed E-state index contributed by atoms with van der Waals surface area (Å²) in [5.41, 5.74) is 0. The van der Waals surface area contributed by atoms with Crippen LogP contribution in [-0.4, -0.2) is 81.7 Å². The molecule has 0 spiro atoms. The number of aliphatic hydroxyl groups is 3. The highest BCUT2D eigenvalue weighted by Crippen LogP contribution is 2.30. The summed E-state index contributed by atoms with van der Waals surface area (Å²) in [6, 6.07) is -0.307. The molecule has 0 saturated carbocycles. The zero-order valence-corrected chi connectivity index (χ0v) is 10.7. The van der Waals surface area contributed by atoms with Gasteiger partial charge in [0.2, 0.25) is 0 Å². The van der Waals surface area contributed by atoms with Gasteiger partial charge in [0, 0.05) is 13.1 Å². The smallest absolute Gasteiger partial charge is 0.0994 e. The van der Waals surface area contributed by atoms with E-state index in [1.807, 2.05) is 0 Å². The molecule has 100 valence electrons. The number of hydrogen-bond donors (Lipinski definition) is 3. The summed E-state index contributed by atoms with van der Waals surface area (Å²) >= 11 is 0. The summed E-state index contributed by atoms with van der Waals surface area (Å²) < 4.78 is 0. The van der Waals surface area contributed by atoms with Gasteiger partial charge < -0.3 is 15.3 Å². The minimum Gasteiger partial charge on any atom is -0.391 e. The number of piperidine rings is 1. The first-order valence-electron chi connectivity index (χ1n) is 6.62. The van der Waals surface area contributed by atoms with E-state index < -0.39 is 18.3 Å². The van der Waals surface area contributed by atoms with Gasteiger partial charge in [-0.1, -0.05) is 13.8 Å². The van der Waals surface area contributed by atoms with Crippen molar-refractivity contribution >= 4 is 0 Å². The lowest BCUT2D eigenvalue weighted by Crippen LogP contribution is -2.65. The van der Waals surface area contributed by atoms with E-state index in [4.69, 9.17) is 0 Å². The number of fused-ring (bicyclic) bond motifs is 1. The molecule has 2 aliphatic rings. The third kappa shape index (κ3) is 2.22. The molecule has 2 fully saturated rings. The molecule has 1 unspecified atom stereocenters. The lowest BCUT2D eigenvalue weighted by molar-refractivity contribution is -0.124. The average molecular weight is 244 g/mol. The summed E-state index contributed by atoms with van der Waals surface area (Å²) in [6.07, 6.45) is -1.41. The van der Waals surface area contributed by atoms with Crippen LogP contribution in [0.15, 0.2) is 0 Å². The fraction of sp³-hybridized carbons (Fsp3) is 1.00. The summed E-state index contributed by atoms with van der Waals surface area (Å²) in [6.45, 7) is 7.41. The lowest BCUT2D eigenvalue weighted by atomic mass is 9.90. The molecule has 2 heterocycles. The molecule has 0 aliphatic carbocycles. The van der Waals surface area contributed by atoms with Crippen molar-refractivity contribution in [2.24, 2.45) is 0 Å². The minimum absolute atomic E-state index is 0.0263. The molecule has 2 saturated heterocycles. The van der Waals surface area contributed by atoms with E-state index >= 15 is 0 Å². The first-order chi connectivity index (χ1) is 8.10. The number of rotatable bonds is 3. The van der Waals surface area contributed by atoms with E-state index in [1.54, 1.807) is 0 Å². The van der Waals surface area contributed by atoms with Crippen molar-refractivity contribution in [3.63, 3.8) is 0 Å². The average Bonchev–Trinajstić information content (AvgIpc) is 2.68. The van der Waals surface area contributed by atoms with Crippen LogP contribution in [0.1, 0.15) is 20.3 Å². The highest BCUT2D eigenvalue weighted by atomic mass is 16.3. The molecule has 0 aromatic heterocycles. The van der Waals surface area contributed by atoms with Gasteiger partial charge in [0.25, 0.3) is 0 Å². The predicted octanol–water partition coefficient (Wildman–Crippen LogP) is -1.13. The first-order valence-corrected chi connectivity index (χ1v) is 6.62. The van der Waals surface area contributed by atoms with Gasteiger partial charge in [-0.2, -0.15) is 0 Å². The van der Waals surface area contributed by atoms with Crippen molar-refractivity contribution < 1.29 is 15.3 Å². The Kier molecular flexibility index (Phi) is 4.05. The molecule has 2 rings (SSSR count). The lowest BCUT2D eigenvalue weighted by Gasteiger charge is -2.46. The second-order valence-electron chi connectivity index (χ2n) is 5.11. The van der Waals surface area contributed by atoms with Gasteiger partial charge in [0.05, 0.1) is 30.4 Å². The Morgan fingerprint density at radius 3 is 2.35 bits per heavy atom. The third-order valence-corrected chi connectivity index (χ3v) is 4.32.